The van der Waals surface area contributed by atoms with Crippen LogP contribution in [0, 0.1) is 0 Å². The van der Waals surface area contributed by atoms with Crippen LogP contribution in [0.1, 0.15) is 18.7 Å². The van der Waals surface area contributed by atoms with E-state index in [1.54, 1.807) is 11.7 Å². The van der Waals surface area contributed by atoms with Gasteiger partial charge in [0.15, 0.2) is 0 Å². The number of rotatable bonds is 2. The lowest BCUT2D eigenvalue weighted by Gasteiger charge is -2.29. The van der Waals surface area contributed by atoms with Gasteiger partial charge in [-0.2, -0.15) is 4.98 Å². The Balaban J connectivity index is 1.89. The van der Waals surface area contributed by atoms with Crippen LogP contribution in [-0.4, -0.2) is 28.3 Å². The molecule has 3 heterocycles. The third-order valence-corrected chi connectivity index (χ3v) is 3.66. The number of nitrogens with two attached hydrogens (primary N) is 1. The minimum absolute atomic E-state index is 0.490. The third kappa shape index (κ3) is 1.97. The van der Waals surface area contributed by atoms with Crippen LogP contribution in [0.5, 0.6) is 0 Å². The molecule has 0 spiro atoms. The quantitative estimate of drug-likeness (QED) is 0.863. The number of aromatic nitrogens is 3. The predicted octanol–water partition coefficient (Wildman–Crippen LogP) is 1.16. The van der Waals surface area contributed by atoms with Crippen molar-refractivity contribution in [1.82, 2.24) is 15.1 Å². The fourth-order valence-electron chi connectivity index (χ4n) is 1.80. The first kappa shape index (κ1) is 10.8. The first-order chi connectivity index (χ1) is 8.28. The van der Waals surface area contributed by atoms with Crippen molar-refractivity contribution in [3.63, 3.8) is 0 Å². The summed E-state index contributed by atoms with van der Waals surface area (Å²) < 4.78 is 10.6. The second kappa shape index (κ2) is 4.17. The van der Waals surface area contributed by atoms with Gasteiger partial charge in [-0.05, 0) is 12.8 Å². The van der Waals surface area contributed by atoms with Crippen molar-refractivity contribution in [3.05, 3.63) is 17.6 Å². The monoisotopic (exact) mass is 252 g/mol. The van der Waals surface area contributed by atoms with E-state index in [0.717, 1.165) is 4.88 Å². The lowest BCUT2D eigenvalue weighted by Crippen LogP contribution is -2.42. The Morgan fingerprint density at radius 2 is 2.18 bits per heavy atom. The Morgan fingerprint density at radius 1 is 1.35 bits per heavy atom. The zero-order valence-electron chi connectivity index (χ0n) is 9.13. The number of hydrogen-bond acceptors (Lipinski definition) is 7. The first-order valence-electron chi connectivity index (χ1n) is 5.38. The summed E-state index contributed by atoms with van der Waals surface area (Å²) >= 11 is 1.47. The van der Waals surface area contributed by atoms with Crippen molar-refractivity contribution in [2.24, 2.45) is 5.73 Å². The van der Waals surface area contributed by atoms with E-state index < -0.39 is 5.54 Å². The molecule has 0 aliphatic carbocycles. The zero-order chi connectivity index (χ0) is 11.7. The molecule has 0 bridgehead atoms. The summed E-state index contributed by atoms with van der Waals surface area (Å²) in [7, 11) is 0. The highest BCUT2D eigenvalue weighted by Crippen LogP contribution is 2.30. The molecule has 0 saturated carbocycles. The second-order valence-corrected chi connectivity index (χ2v) is 4.94. The van der Waals surface area contributed by atoms with Crippen LogP contribution in [-0.2, 0) is 10.3 Å². The largest absolute Gasteiger partial charge is 0.381 e. The number of ether oxygens (including phenoxy) is 1. The highest BCUT2D eigenvalue weighted by molar-refractivity contribution is 7.13. The van der Waals surface area contributed by atoms with E-state index in [4.69, 9.17) is 15.0 Å². The van der Waals surface area contributed by atoms with E-state index in [1.807, 2.05) is 0 Å². The molecule has 0 aromatic carbocycles. The Bertz CT molecular complexity index is 490. The molecular formula is C10H12N4O2S. The van der Waals surface area contributed by atoms with Gasteiger partial charge in [-0.1, -0.05) is 5.16 Å². The van der Waals surface area contributed by atoms with Gasteiger partial charge in [0.1, 0.15) is 5.54 Å². The van der Waals surface area contributed by atoms with Crippen LogP contribution in [0.3, 0.4) is 0 Å². The van der Waals surface area contributed by atoms with Crippen LogP contribution in [0.25, 0.3) is 10.7 Å². The molecule has 1 aliphatic rings. The fourth-order valence-corrected chi connectivity index (χ4v) is 2.35. The maximum atomic E-state index is 6.26. The van der Waals surface area contributed by atoms with Crippen LogP contribution in [0.2, 0.25) is 0 Å². The maximum absolute atomic E-state index is 6.26. The van der Waals surface area contributed by atoms with Crippen LogP contribution >= 0.6 is 11.3 Å². The van der Waals surface area contributed by atoms with Crippen LogP contribution in [0.4, 0.5) is 0 Å². The zero-order valence-corrected chi connectivity index (χ0v) is 9.94. The van der Waals surface area contributed by atoms with Gasteiger partial charge < -0.3 is 15.0 Å². The molecule has 0 amide bonds. The normalized spacial score (nSPS) is 19.4. The molecule has 0 unspecified atom stereocenters. The van der Waals surface area contributed by atoms with E-state index in [1.165, 1.54) is 11.3 Å². The summed E-state index contributed by atoms with van der Waals surface area (Å²) in [6.07, 6.45) is 3.13. The molecular weight excluding hydrogens is 240 g/mol. The SMILES string of the molecule is NC1(c2nc(-c3cncs3)no2)CCOCC1. The molecule has 0 radical (unpaired) electrons. The van der Waals surface area contributed by atoms with E-state index in [0.29, 0.717) is 37.8 Å². The van der Waals surface area contributed by atoms with Gasteiger partial charge in [-0.3, -0.25) is 4.98 Å². The Kier molecular flexibility index (Phi) is 2.65. The highest BCUT2D eigenvalue weighted by Gasteiger charge is 2.35. The molecule has 7 heteroatoms. The van der Waals surface area contributed by atoms with Crippen LogP contribution < -0.4 is 5.73 Å². The Morgan fingerprint density at radius 3 is 2.88 bits per heavy atom. The summed E-state index contributed by atoms with van der Waals surface area (Å²) in [6.45, 7) is 1.27. The number of hydrogen-bond donors (Lipinski definition) is 1. The standard InChI is InChI=1S/C10H12N4O2S/c11-10(1-3-15-4-2-10)9-13-8(14-16-9)7-5-12-6-17-7/h5-6H,1-4,11H2. The first-order valence-corrected chi connectivity index (χ1v) is 6.26. The average molecular weight is 252 g/mol. The van der Waals surface area contributed by atoms with Crippen molar-refractivity contribution in [2.75, 3.05) is 13.2 Å². The summed E-state index contributed by atoms with van der Waals surface area (Å²) in [5, 5.41) is 3.94. The Hall–Kier alpha value is -1.31. The van der Waals surface area contributed by atoms with Gasteiger partial charge in [0, 0.05) is 19.4 Å². The van der Waals surface area contributed by atoms with E-state index in [9.17, 15) is 0 Å². The smallest absolute Gasteiger partial charge is 0.247 e. The van der Waals surface area contributed by atoms with Gasteiger partial charge in [0.05, 0.1) is 10.4 Å². The van der Waals surface area contributed by atoms with E-state index in [-0.39, 0.29) is 0 Å². The van der Waals surface area contributed by atoms with E-state index >= 15 is 0 Å². The molecule has 1 aliphatic heterocycles. The fraction of sp³-hybridized carbons (Fsp3) is 0.500. The number of thiazole rings is 1. The highest BCUT2D eigenvalue weighted by atomic mass is 32.1. The maximum Gasteiger partial charge on any atom is 0.247 e. The summed E-state index contributed by atoms with van der Waals surface area (Å²) in [5.41, 5.74) is 7.45. The van der Waals surface area contributed by atoms with E-state index in [2.05, 4.69) is 15.1 Å². The van der Waals surface area contributed by atoms with Crippen molar-refractivity contribution < 1.29 is 9.26 Å². The van der Waals surface area contributed by atoms with Crippen molar-refractivity contribution in [3.8, 4) is 10.7 Å². The third-order valence-electron chi connectivity index (χ3n) is 2.89. The molecule has 2 N–H and O–H groups in total. The van der Waals surface area contributed by atoms with Gasteiger partial charge in [-0.25, -0.2) is 0 Å². The second-order valence-electron chi connectivity index (χ2n) is 4.06. The molecule has 17 heavy (non-hydrogen) atoms. The minimum Gasteiger partial charge on any atom is -0.381 e. The molecule has 2 aromatic rings. The average Bonchev–Trinajstić information content (AvgIpc) is 3.01. The predicted molar refractivity (Wildman–Crippen MR) is 61.3 cm³/mol. The van der Waals surface area contributed by atoms with Gasteiger partial charge in [-0.15, -0.1) is 11.3 Å². The molecule has 1 saturated heterocycles. The topological polar surface area (TPSA) is 87.1 Å². The van der Waals surface area contributed by atoms with Crippen molar-refractivity contribution in [1.29, 1.82) is 0 Å². The van der Waals surface area contributed by atoms with Gasteiger partial charge in [0.25, 0.3) is 0 Å². The molecule has 0 atom stereocenters. The summed E-state index contributed by atoms with van der Waals surface area (Å²) in [6, 6.07) is 0. The lowest BCUT2D eigenvalue weighted by atomic mass is 9.91. The molecule has 6 nitrogen and oxygen atoms in total. The summed E-state index contributed by atoms with van der Waals surface area (Å²) in [5.74, 6) is 1.04. The van der Waals surface area contributed by atoms with Crippen molar-refractivity contribution >= 4 is 11.3 Å². The van der Waals surface area contributed by atoms with Gasteiger partial charge >= 0.3 is 0 Å². The minimum atomic E-state index is -0.547. The van der Waals surface area contributed by atoms with Crippen molar-refractivity contribution in [2.45, 2.75) is 18.4 Å². The summed E-state index contributed by atoms with van der Waals surface area (Å²) in [4.78, 5) is 9.23. The Labute approximate surface area is 102 Å². The van der Waals surface area contributed by atoms with Gasteiger partial charge in [0.2, 0.25) is 11.7 Å². The molecule has 90 valence electrons. The number of nitrogens with zero attached hydrogens (tertiary/aromatic N) is 3. The van der Waals surface area contributed by atoms with Crippen LogP contribution in [0.15, 0.2) is 16.2 Å². The lowest BCUT2D eigenvalue weighted by molar-refractivity contribution is 0.0400. The molecule has 2 aromatic heterocycles. The molecule has 3 rings (SSSR count). The molecule has 1 fully saturated rings.